The van der Waals surface area contributed by atoms with Crippen LogP contribution in [-0.4, -0.2) is 50.8 Å². The first-order chi connectivity index (χ1) is 10.5. The number of carbonyl (C=O) groups excluding carboxylic acids is 1. The van der Waals surface area contributed by atoms with Crippen molar-refractivity contribution < 1.29 is 19.0 Å². The van der Waals surface area contributed by atoms with Crippen LogP contribution in [-0.2, 0) is 16.1 Å². The van der Waals surface area contributed by atoms with Gasteiger partial charge in [0.15, 0.2) is 18.1 Å². The maximum Gasteiger partial charge on any atom is 0.255 e. The van der Waals surface area contributed by atoms with Gasteiger partial charge in [0, 0.05) is 26.7 Å². The Bertz CT molecular complexity index is 539. The fraction of sp³-hybridized carbons (Fsp3) is 0.533. The molecule has 1 aliphatic heterocycles. The molecule has 0 aromatic heterocycles. The third-order valence-corrected chi connectivity index (χ3v) is 3.90. The smallest absolute Gasteiger partial charge is 0.255 e. The average Bonchev–Trinajstić information content (AvgIpc) is 2.93. The van der Waals surface area contributed by atoms with E-state index in [1.54, 1.807) is 7.11 Å². The molecular weight excluding hydrogens is 308 g/mol. The summed E-state index contributed by atoms with van der Waals surface area (Å²) in [6.45, 7) is 2.40. The number of methoxy groups -OCH3 is 2. The molecule has 1 heterocycles. The van der Waals surface area contributed by atoms with Crippen molar-refractivity contribution in [2.45, 2.75) is 19.1 Å². The van der Waals surface area contributed by atoms with Crippen LogP contribution in [0.4, 0.5) is 0 Å². The van der Waals surface area contributed by atoms with Crippen molar-refractivity contribution in [2.75, 3.05) is 33.9 Å². The van der Waals surface area contributed by atoms with E-state index in [2.05, 4.69) is 4.90 Å². The molecule has 1 aliphatic rings. The fourth-order valence-corrected chi connectivity index (χ4v) is 2.83. The number of primary amides is 1. The first-order valence-electron chi connectivity index (χ1n) is 7.06. The van der Waals surface area contributed by atoms with E-state index in [0.29, 0.717) is 16.5 Å². The number of likely N-dealkylation sites (tertiary alicyclic amines) is 1. The van der Waals surface area contributed by atoms with Gasteiger partial charge in [-0.05, 0) is 24.1 Å². The highest BCUT2D eigenvalue weighted by molar-refractivity contribution is 6.32. The molecule has 1 aromatic carbocycles. The Morgan fingerprint density at radius 1 is 1.45 bits per heavy atom. The summed E-state index contributed by atoms with van der Waals surface area (Å²) in [5.41, 5.74) is 6.10. The number of nitrogens with zero attached hydrogens (tertiary/aromatic N) is 1. The van der Waals surface area contributed by atoms with Gasteiger partial charge in [-0.3, -0.25) is 9.69 Å². The number of amides is 1. The van der Waals surface area contributed by atoms with Gasteiger partial charge < -0.3 is 19.9 Å². The summed E-state index contributed by atoms with van der Waals surface area (Å²) in [6.07, 6.45) is 1.32. The van der Waals surface area contributed by atoms with Crippen LogP contribution in [0.5, 0.6) is 11.5 Å². The van der Waals surface area contributed by atoms with E-state index in [9.17, 15) is 4.79 Å². The normalized spacial score (nSPS) is 18.4. The van der Waals surface area contributed by atoms with Gasteiger partial charge in [0.1, 0.15) is 0 Å². The van der Waals surface area contributed by atoms with Gasteiger partial charge in [-0.1, -0.05) is 11.6 Å². The number of hydrogen-bond acceptors (Lipinski definition) is 5. The summed E-state index contributed by atoms with van der Waals surface area (Å²) in [4.78, 5) is 13.1. The molecule has 0 unspecified atom stereocenters. The van der Waals surface area contributed by atoms with Gasteiger partial charge in [0.05, 0.1) is 18.2 Å². The minimum Gasteiger partial charge on any atom is -0.493 e. The predicted octanol–water partition coefficient (Wildman–Crippen LogP) is 1.43. The second-order valence-corrected chi connectivity index (χ2v) is 5.65. The zero-order chi connectivity index (χ0) is 16.1. The van der Waals surface area contributed by atoms with Crippen LogP contribution in [0.3, 0.4) is 0 Å². The molecule has 1 atom stereocenters. The molecule has 22 heavy (non-hydrogen) atoms. The topological polar surface area (TPSA) is 74.0 Å². The molecule has 7 heteroatoms. The van der Waals surface area contributed by atoms with Crippen LogP contribution in [0.15, 0.2) is 12.1 Å². The van der Waals surface area contributed by atoms with Crippen molar-refractivity contribution in [1.29, 1.82) is 0 Å². The van der Waals surface area contributed by atoms with Crippen molar-refractivity contribution >= 4 is 17.5 Å². The number of rotatable bonds is 7. The van der Waals surface area contributed by atoms with Crippen molar-refractivity contribution in [3.63, 3.8) is 0 Å². The molecule has 122 valence electrons. The number of carbonyl (C=O) groups is 1. The van der Waals surface area contributed by atoms with Crippen LogP contribution < -0.4 is 15.2 Å². The third kappa shape index (κ3) is 4.25. The molecule has 1 saturated heterocycles. The lowest BCUT2D eigenvalue weighted by Gasteiger charge is -2.18. The lowest BCUT2D eigenvalue weighted by Crippen LogP contribution is -2.22. The second-order valence-electron chi connectivity index (χ2n) is 5.25. The lowest BCUT2D eigenvalue weighted by molar-refractivity contribution is -0.119. The Kier molecular flexibility index (Phi) is 5.88. The number of ether oxygens (including phenoxy) is 3. The van der Waals surface area contributed by atoms with Crippen molar-refractivity contribution in [1.82, 2.24) is 4.90 Å². The molecule has 1 amide bonds. The third-order valence-electron chi connectivity index (χ3n) is 3.62. The average molecular weight is 329 g/mol. The summed E-state index contributed by atoms with van der Waals surface area (Å²) in [7, 11) is 3.27. The summed E-state index contributed by atoms with van der Waals surface area (Å²) in [5, 5.41) is 0.401. The number of hydrogen-bond donors (Lipinski definition) is 1. The first kappa shape index (κ1) is 16.9. The first-order valence-corrected chi connectivity index (χ1v) is 7.44. The maximum atomic E-state index is 10.8. The van der Waals surface area contributed by atoms with E-state index in [1.165, 1.54) is 7.11 Å². The molecule has 1 aromatic rings. The van der Waals surface area contributed by atoms with E-state index in [-0.39, 0.29) is 12.7 Å². The molecule has 0 bridgehead atoms. The molecule has 2 rings (SSSR count). The monoisotopic (exact) mass is 328 g/mol. The van der Waals surface area contributed by atoms with Gasteiger partial charge in [-0.25, -0.2) is 0 Å². The SMILES string of the molecule is COc1cc(CN2CC[C@H](OC)C2)cc(Cl)c1OCC(N)=O. The molecule has 6 nitrogen and oxygen atoms in total. The zero-order valence-corrected chi connectivity index (χ0v) is 13.6. The Morgan fingerprint density at radius 2 is 2.23 bits per heavy atom. The van der Waals surface area contributed by atoms with E-state index >= 15 is 0 Å². The number of benzene rings is 1. The minimum absolute atomic E-state index is 0.239. The Hall–Kier alpha value is -1.50. The van der Waals surface area contributed by atoms with Gasteiger partial charge >= 0.3 is 0 Å². The number of nitrogens with two attached hydrogens (primary N) is 1. The molecule has 2 N–H and O–H groups in total. The van der Waals surface area contributed by atoms with Crippen LogP contribution in [0.2, 0.25) is 5.02 Å². The summed E-state index contributed by atoms with van der Waals surface area (Å²) in [5.74, 6) is 0.263. The highest BCUT2D eigenvalue weighted by Crippen LogP contribution is 2.37. The van der Waals surface area contributed by atoms with Crippen molar-refractivity contribution in [3.05, 3.63) is 22.7 Å². The van der Waals surface area contributed by atoms with Crippen LogP contribution in [0.1, 0.15) is 12.0 Å². The van der Waals surface area contributed by atoms with Gasteiger partial charge in [0.25, 0.3) is 5.91 Å². The largest absolute Gasteiger partial charge is 0.493 e. The quantitative estimate of drug-likeness (QED) is 0.819. The summed E-state index contributed by atoms with van der Waals surface area (Å²) >= 11 is 6.24. The zero-order valence-electron chi connectivity index (χ0n) is 12.8. The Balaban J connectivity index is 2.10. The van der Waals surface area contributed by atoms with Crippen LogP contribution >= 0.6 is 11.6 Å². The van der Waals surface area contributed by atoms with E-state index in [0.717, 1.165) is 31.6 Å². The highest BCUT2D eigenvalue weighted by atomic mass is 35.5. The summed E-state index contributed by atoms with van der Waals surface area (Å²) in [6, 6.07) is 3.68. The molecule has 0 spiro atoms. The predicted molar refractivity (Wildman–Crippen MR) is 83.4 cm³/mol. The maximum absolute atomic E-state index is 10.8. The summed E-state index contributed by atoms with van der Waals surface area (Å²) < 4.78 is 16.0. The van der Waals surface area contributed by atoms with Gasteiger partial charge in [0.2, 0.25) is 0 Å². The van der Waals surface area contributed by atoms with E-state index in [4.69, 9.17) is 31.5 Å². The van der Waals surface area contributed by atoms with Crippen molar-refractivity contribution in [2.24, 2.45) is 5.73 Å². The van der Waals surface area contributed by atoms with E-state index in [1.807, 2.05) is 12.1 Å². The van der Waals surface area contributed by atoms with E-state index < -0.39 is 5.91 Å². The van der Waals surface area contributed by atoms with Gasteiger partial charge in [-0.2, -0.15) is 0 Å². The fourth-order valence-electron chi connectivity index (χ4n) is 2.54. The molecule has 1 fully saturated rings. The molecule has 0 aliphatic carbocycles. The number of halogens is 1. The van der Waals surface area contributed by atoms with Crippen LogP contribution in [0, 0.1) is 0 Å². The Labute approximate surface area is 135 Å². The standard InChI is InChI=1S/C15H21ClN2O4/c1-20-11-3-4-18(8-11)7-10-5-12(16)15(13(6-10)21-2)22-9-14(17)19/h5-6,11H,3-4,7-9H2,1-2H3,(H2,17,19)/t11-/m0/s1. The molecule has 0 radical (unpaired) electrons. The minimum atomic E-state index is -0.565. The second kappa shape index (κ2) is 7.67. The lowest BCUT2D eigenvalue weighted by atomic mass is 10.2. The van der Waals surface area contributed by atoms with Crippen molar-refractivity contribution in [3.8, 4) is 11.5 Å². The Morgan fingerprint density at radius 3 is 2.82 bits per heavy atom. The van der Waals surface area contributed by atoms with Gasteiger partial charge in [-0.15, -0.1) is 0 Å². The molecular formula is C15H21ClN2O4. The van der Waals surface area contributed by atoms with Crippen LogP contribution in [0.25, 0.3) is 0 Å². The molecule has 0 saturated carbocycles. The highest BCUT2D eigenvalue weighted by Gasteiger charge is 2.23.